The van der Waals surface area contributed by atoms with Gasteiger partial charge in [-0.25, -0.2) is 0 Å². The largest absolute Gasteiger partial charge is 0.462 e. The molecular formula is C65H102O5. The second kappa shape index (κ2) is 58.8. The number of aliphatic hydroxyl groups excluding tert-OH is 1. The molecule has 1 atom stereocenters. The molecule has 0 aliphatic carbocycles. The van der Waals surface area contributed by atoms with Gasteiger partial charge in [0.1, 0.15) is 6.61 Å². The van der Waals surface area contributed by atoms with Crippen molar-refractivity contribution in [3.8, 4) is 0 Å². The number of hydrogen-bond donors (Lipinski definition) is 1. The van der Waals surface area contributed by atoms with Crippen LogP contribution in [0.25, 0.3) is 0 Å². The molecule has 5 heteroatoms. The van der Waals surface area contributed by atoms with E-state index in [-0.39, 0.29) is 25.2 Å². The van der Waals surface area contributed by atoms with Crippen molar-refractivity contribution < 1.29 is 24.2 Å². The van der Waals surface area contributed by atoms with Gasteiger partial charge in [-0.05, 0) is 122 Å². The van der Waals surface area contributed by atoms with E-state index in [1.165, 1.54) is 57.8 Å². The maximum atomic E-state index is 12.3. The number of hydrogen-bond acceptors (Lipinski definition) is 5. The van der Waals surface area contributed by atoms with E-state index in [0.717, 1.165) is 135 Å². The summed E-state index contributed by atoms with van der Waals surface area (Å²) >= 11 is 0. The number of carbonyl (C=O) groups is 2. The minimum absolute atomic E-state index is 0.0861. The van der Waals surface area contributed by atoms with E-state index in [0.29, 0.717) is 12.8 Å². The molecule has 5 nitrogen and oxygen atoms in total. The summed E-state index contributed by atoms with van der Waals surface area (Å²) in [5.74, 6) is -0.626. The van der Waals surface area contributed by atoms with Crippen LogP contribution in [0.2, 0.25) is 0 Å². The zero-order valence-electron chi connectivity index (χ0n) is 44.7. The predicted octanol–water partition coefficient (Wildman–Crippen LogP) is 19.2. The van der Waals surface area contributed by atoms with Crippen LogP contribution in [0, 0.1) is 0 Å². The van der Waals surface area contributed by atoms with Crippen molar-refractivity contribution >= 4 is 11.9 Å². The summed E-state index contributed by atoms with van der Waals surface area (Å²) in [5, 5.41) is 9.66. The standard InChI is InChI=1S/C65H102O5/c1-3-5-7-9-11-13-15-17-19-21-23-25-27-29-30-31-32-33-34-36-38-40-42-44-46-48-50-52-54-56-58-60-65(68)70-63(61-66)62-69-64(67)59-57-55-53-51-49-47-45-43-41-39-37-35-28-26-24-22-20-18-16-14-12-10-8-6-4-2/h5-8,11-14,17-20,23-26,29-30,32-33,35-38,42,44,63,66H,3-4,9-10,15-16,21-22,27-28,31,34,39-41,43,45-62H2,1-2H3/b7-5-,8-6-,13-11-,14-12-,19-17-,20-18-,25-23-,26-24-,30-29-,33-32-,37-35-,38-36-,44-42-. The van der Waals surface area contributed by atoms with Gasteiger partial charge < -0.3 is 14.6 Å². The second-order valence-electron chi connectivity index (χ2n) is 17.9. The third-order valence-electron chi connectivity index (χ3n) is 11.3. The molecule has 0 aliphatic rings. The minimum Gasteiger partial charge on any atom is -0.462 e. The SMILES string of the molecule is CC/C=C\C/C=C\C/C=C\C/C=C\C/C=C\C/C=C\C/C=C\C/C=C\CCCCCCCCC(=O)OC(CO)COC(=O)CCCCCCCCCCC/C=C\C/C=C\C/C=C\C/C=C\C/C=C\CC. The average Bonchev–Trinajstić information content (AvgIpc) is 3.36. The van der Waals surface area contributed by atoms with Crippen LogP contribution < -0.4 is 0 Å². The van der Waals surface area contributed by atoms with Gasteiger partial charge in [-0.3, -0.25) is 9.59 Å². The van der Waals surface area contributed by atoms with Gasteiger partial charge in [-0.2, -0.15) is 0 Å². The van der Waals surface area contributed by atoms with Crippen molar-refractivity contribution in [3.63, 3.8) is 0 Å². The third kappa shape index (κ3) is 56.1. The van der Waals surface area contributed by atoms with Gasteiger partial charge >= 0.3 is 11.9 Å². The molecule has 392 valence electrons. The van der Waals surface area contributed by atoms with Crippen LogP contribution in [0.3, 0.4) is 0 Å². The van der Waals surface area contributed by atoms with Crippen LogP contribution in [0.4, 0.5) is 0 Å². The summed E-state index contributed by atoms with van der Waals surface area (Å²) in [7, 11) is 0. The quantitative estimate of drug-likeness (QED) is 0.0374. The topological polar surface area (TPSA) is 72.8 Å². The van der Waals surface area contributed by atoms with E-state index in [2.05, 4.69) is 172 Å². The molecule has 0 rings (SSSR count). The van der Waals surface area contributed by atoms with E-state index in [1.54, 1.807) is 0 Å². The fourth-order valence-electron chi connectivity index (χ4n) is 7.18. The van der Waals surface area contributed by atoms with Crippen molar-refractivity contribution in [3.05, 3.63) is 158 Å². The van der Waals surface area contributed by atoms with E-state index in [4.69, 9.17) is 9.47 Å². The Labute approximate surface area is 430 Å². The van der Waals surface area contributed by atoms with E-state index < -0.39 is 6.10 Å². The molecule has 0 spiro atoms. The molecule has 1 unspecified atom stereocenters. The van der Waals surface area contributed by atoms with Gasteiger partial charge in [0.05, 0.1) is 6.61 Å². The van der Waals surface area contributed by atoms with Crippen molar-refractivity contribution in [2.24, 2.45) is 0 Å². The molecule has 0 saturated carbocycles. The molecule has 0 fully saturated rings. The van der Waals surface area contributed by atoms with Crippen molar-refractivity contribution in [2.45, 2.75) is 225 Å². The highest BCUT2D eigenvalue weighted by Gasteiger charge is 2.16. The number of ether oxygens (including phenoxy) is 2. The van der Waals surface area contributed by atoms with Crippen molar-refractivity contribution in [1.82, 2.24) is 0 Å². The van der Waals surface area contributed by atoms with Crippen LogP contribution in [-0.2, 0) is 19.1 Å². The van der Waals surface area contributed by atoms with Gasteiger partial charge in [0.2, 0.25) is 0 Å². The monoisotopic (exact) mass is 963 g/mol. The third-order valence-corrected chi connectivity index (χ3v) is 11.3. The Morgan fingerprint density at radius 3 is 0.857 bits per heavy atom. The maximum absolute atomic E-state index is 12.3. The van der Waals surface area contributed by atoms with Gasteiger partial charge in [-0.1, -0.05) is 242 Å². The number of carbonyl (C=O) groups excluding carboxylic acids is 2. The Bertz CT molecular complexity index is 1560. The van der Waals surface area contributed by atoms with Gasteiger partial charge in [0.25, 0.3) is 0 Å². The van der Waals surface area contributed by atoms with E-state index in [9.17, 15) is 14.7 Å². The highest BCUT2D eigenvalue weighted by atomic mass is 16.6. The van der Waals surface area contributed by atoms with Crippen LogP contribution in [0.15, 0.2) is 158 Å². The first-order valence-corrected chi connectivity index (χ1v) is 28.0. The first-order chi connectivity index (χ1) is 34.6. The number of aliphatic hydroxyl groups is 1. The van der Waals surface area contributed by atoms with Crippen LogP contribution in [0.1, 0.15) is 219 Å². The number of rotatable bonds is 49. The molecule has 0 saturated heterocycles. The molecule has 70 heavy (non-hydrogen) atoms. The number of allylic oxidation sites excluding steroid dienone is 26. The predicted molar refractivity (Wildman–Crippen MR) is 306 cm³/mol. The first kappa shape index (κ1) is 65.5. The van der Waals surface area contributed by atoms with Crippen LogP contribution >= 0.6 is 0 Å². The molecule has 0 heterocycles. The first-order valence-electron chi connectivity index (χ1n) is 28.0. The fourth-order valence-corrected chi connectivity index (χ4v) is 7.18. The van der Waals surface area contributed by atoms with Gasteiger partial charge in [-0.15, -0.1) is 0 Å². The average molecular weight is 964 g/mol. The normalized spacial score (nSPS) is 13.5. The molecule has 0 aliphatic heterocycles. The van der Waals surface area contributed by atoms with Gasteiger partial charge in [0.15, 0.2) is 6.10 Å². The summed E-state index contributed by atoms with van der Waals surface area (Å²) in [6.45, 7) is 3.89. The summed E-state index contributed by atoms with van der Waals surface area (Å²) < 4.78 is 10.7. The highest BCUT2D eigenvalue weighted by molar-refractivity contribution is 5.70. The van der Waals surface area contributed by atoms with Crippen LogP contribution in [-0.4, -0.2) is 36.4 Å². The molecular weight excluding hydrogens is 861 g/mol. The molecule has 0 bridgehead atoms. The molecule has 0 aromatic carbocycles. The molecule has 0 amide bonds. The summed E-state index contributed by atoms with van der Waals surface area (Å²) in [6, 6.07) is 0. The maximum Gasteiger partial charge on any atom is 0.306 e. The second-order valence-corrected chi connectivity index (χ2v) is 17.9. The molecule has 0 aromatic heterocycles. The molecule has 0 aromatic rings. The van der Waals surface area contributed by atoms with E-state index >= 15 is 0 Å². The molecule has 0 radical (unpaired) electrons. The Morgan fingerprint density at radius 2 is 0.571 bits per heavy atom. The van der Waals surface area contributed by atoms with Crippen molar-refractivity contribution in [1.29, 1.82) is 0 Å². The number of esters is 2. The van der Waals surface area contributed by atoms with Crippen LogP contribution in [0.5, 0.6) is 0 Å². The Morgan fingerprint density at radius 1 is 0.329 bits per heavy atom. The Hall–Kier alpha value is -4.48. The fraction of sp³-hybridized carbons (Fsp3) is 0.569. The van der Waals surface area contributed by atoms with Gasteiger partial charge in [0, 0.05) is 12.8 Å². The number of unbranched alkanes of at least 4 members (excludes halogenated alkanes) is 15. The van der Waals surface area contributed by atoms with E-state index in [1.807, 2.05) is 0 Å². The highest BCUT2D eigenvalue weighted by Crippen LogP contribution is 2.13. The summed E-state index contributed by atoms with van der Waals surface area (Å²) in [4.78, 5) is 24.5. The zero-order chi connectivity index (χ0) is 50.6. The lowest BCUT2D eigenvalue weighted by molar-refractivity contribution is -0.161. The smallest absolute Gasteiger partial charge is 0.306 e. The Balaban J connectivity index is 3.63. The lowest BCUT2D eigenvalue weighted by Crippen LogP contribution is -2.28. The zero-order valence-corrected chi connectivity index (χ0v) is 44.7. The van der Waals surface area contributed by atoms with Crippen molar-refractivity contribution in [2.75, 3.05) is 13.2 Å². The summed E-state index contributed by atoms with van der Waals surface area (Å²) in [6.07, 6.45) is 90.5. The lowest BCUT2D eigenvalue weighted by Gasteiger charge is -2.15. The molecule has 1 N–H and O–H groups in total. The summed E-state index contributed by atoms with van der Waals surface area (Å²) in [5.41, 5.74) is 0. The minimum atomic E-state index is -0.797. The Kier molecular flexibility index (Phi) is 55.1. The lowest BCUT2D eigenvalue weighted by atomic mass is 10.1.